The lowest BCUT2D eigenvalue weighted by Crippen LogP contribution is -2.24. The molecule has 112 valence electrons. The third-order valence-electron chi connectivity index (χ3n) is 3.23. The largest absolute Gasteiger partial charge is 0.496 e. The van der Waals surface area contributed by atoms with E-state index in [1.807, 2.05) is 13.8 Å². The van der Waals surface area contributed by atoms with Crippen LogP contribution in [-0.2, 0) is 21.6 Å². The Bertz CT molecular complexity index is 479. The first kappa shape index (κ1) is 16.3. The molecule has 0 atom stereocenters. The summed E-state index contributed by atoms with van der Waals surface area (Å²) in [6.07, 6.45) is -0.00670. The summed E-state index contributed by atoms with van der Waals surface area (Å²) in [6.45, 7) is 4.08. The molecule has 1 aromatic rings. The first-order chi connectivity index (χ1) is 9.37. The van der Waals surface area contributed by atoms with Gasteiger partial charge in [-0.3, -0.25) is 4.79 Å². The molecule has 0 bridgehead atoms. The fraction of sp³-hybridized carbons (Fsp3) is 0.533. The second kappa shape index (κ2) is 6.61. The van der Waals surface area contributed by atoms with Crippen molar-refractivity contribution in [3.05, 3.63) is 23.3 Å². The van der Waals surface area contributed by atoms with Crippen molar-refractivity contribution in [3.63, 3.8) is 0 Å². The minimum Gasteiger partial charge on any atom is -0.496 e. The molecule has 1 N–H and O–H groups in total. The van der Waals surface area contributed by atoms with Crippen LogP contribution in [0.25, 0.3) is 0 Å². The van der Waals surface area contributed by atoms with Crippen LogP contribution in [0.2, 0.25) is 0 Å². The quantitative estimate of drug-likeness (QED) is 0.832. The summed E-state index contributed by atoms with van der Waals surface area (Å²) in [4.78, 5) is 11.1. The highest BCUT2D eigenvalue weighted by Crippen LogP contribution is 2.41. The van der Waals surface area contributed by atoms with Crippen molar-refractivity contribution < 1.29 is 24.1 Å². The first-order valence-corrected chi connectivity index (χ1v) is 6.32. The predicted octanol–water partition coefficient (Wildman–Crippen LogP) is 2.60. The van der Waals surface area contributed by atoms with E-state index in [0.29, 0.717) is 18.1 Å². The summed E-state index contributed by atoms with van der Waals surface area (Å²) in [6, 6.07) is 3.59. The molecule has 0 aliphatic rings. The molecule has 0 saturated carbocycles. The van der Waals surface area contributed by atoms with E-state index in [9.17, 15) is 4.79 Å². The van der Waals surface area contributed by atoms with Crippen molar-refractivity contribution in [2.24, 2.45) is 0 Å². The van der Waals surface area contributed by atoms with Gasteiger partial charge in [0.05, 0.1) is 27.2 Å². The minimum atomic E-state index is -0.858. The monoisotopic (exact) mass is 282 g/mol. The smallest absolute Gasteiger partial charge is 0.304 e. The Morgan fingerprint density at radius 3 is 2.15 bits per heavy atom. The number of rotatable bonds is 7. The fourth-order valence-electron chi connectivity index (χ4n) is 2.46. The molecule has 0 amide bonds. The number of benzene rings is 1. The van der Waals surface area contributed by atoms with Crippen molar-refractivity contribution in [3.8, 4) is 11.5 Å². The molecule has 5 heteroatoms. The topological polar surface area (TPSA) is 65.0 Å². The third kappa shape index (κ3) is 3.42. The highest BCUT2D eigenvalue weighted by Gasteiger charge is 2.31. The van der Waals surface area contributed by atoms with Crippen molar-refractivity contribution in [1.29, 1.82) is 0 Å². The summed E-state index contributed by atoms with van der Waals surface area (Å²) in [5.41, 5.74) is 1.03. The summed E-state index contributed by atoms with van der Waals surface area (Å²) in [5.74, 6) is 0.452. The van der Waals surface area contributed by atoms with Gasteiger partial charge in [-0.05, 0) is 12.1 Å². The molecule has 0 spiro atoms. The van der Waals surface area contributed by atoms with Gasteiger partial charge in [-0.1, -0.05) is 13.8 Å². The molecular weight excluding hydrogens is 260 g/mol. The molecule has 0 unspecified atom stereocenters. The number of aliphatic carboxylic acids is 1. The van der Waals surface area contributed by atoms with Crippen molar-refractivity contribution in [1.82, 2.24) is 0 Å². The standard InChI is InChI=1S/C15H22O5/c1-15(2,8-13(16)17)14-10(9-18-3)11(19-4)6-7-12(14)20-5/h6-7H,8-9H2,1-5H3,(H,16,17). The average molecular weight is 282 g/mol. The van der Waals surface area contributed by atoms with Gasteiger partial charge in [0.2, 0.25) is 0 Å². The van der Waals surface area contributed by atoms with E-state index in [0.717, 1.165) is 11.1 Å². The Morgan fingerprint density at radius 2 is 1.70 bits per heavy atom. The van der Waals surface area contributed by atoms with Gasteiger partial charge in [0.1, 0.15) is 11.5 Å². The van der Waals surface area contributed by atoms with E-state index in [1.54, 1.807) is 33.5 Å². The number of ether oxygens (including phenoxy) is 3. The summed E-state index contributed by atoms with van der Waals surface area (Å²) < 4.78 is 16.0. The van der Waals surface area contributed by atoms with Gasteiger partial charge >= 0.3 is 5.97 Å². The lowest BCUT2D eigenvalue weighted by molar-refractivity contribution is -0.138. The average Bonchev–Trinajstić information content (AvgIpc) is 2.36. The van der Waals surface area contributed by atoms with Gasteiger partial charge in [0.15, 0.2) is 0 Å². The molecule has 0 aliphatic carbocycles. The zero-order valence-electron chi connectivity index (χ0n) is 12.6. The van der Waals surface area contributed by atoms with Crippen LogP contribution in [0.4, 0.5) is 0 Å². The van der Waals surface area contributed by atoms with E-state index in [1.165, 1.54) is 0 Å². The van der Waals surface area contributed by atoms with E-state index < -0.39 is 11.4 Å². The van der Waals surface area contributed by atoms with Crippen LogP contribution in [0.1, 0.15) is 31.4 Å². The SMILES string of the molecule is COCc1c(OC)ccc(OC)c1C(C)(C)CC(=O)O. The molecule has 0 heterocycles. The Morgan fingerprint density at radius 1 is 1.15 bits per heavy atom. The molecule has 0 aromatic heterocycles. The van der Waals surface area contributed by atoms with E-state index in [4.69, 9.17) is 19.3 Å². The van der Waals surface area contributed by atoms with Crippen LogP contribution < -0.4 is 9.47 Å². The minimum absolute atomic E-state index is 0.00670. The highest BCUT2D eigenvalue weighted by atomic mass is 16.5. The molecule has 0 aliphatic heterocycles. The number of carbonyl (C=O) groups is 1. The zero-order chi connectivity index (χ0) is 15.3. The second-order valence-electron chi connectivity index (χ2n) is 5.21. The number of carboxylic acids is 1. The fourth-order valence-corrected chi connectivity index (χ4v) is 2.46. The van der Waals surface area contributed by atoms with Crippen molar-refractivity contribution in [2.75, 3.05) is 21.3 Å². The van der Waals surface area contributed by atoms with Gasteiger partial charge in [-0.25, -0.2) is 0 Å². The first-order valence-electron chi connectivity index (χ1n) is 6.32. The van der Waals surface area contributed by atoms with Crippen LogP contribution in [0, 0.1) is 0 Å². The molecule has 20 heavy (non-hydrogen) atoms. The van der Waals surface area contributed by atoms with Crippen LogP contribution in [0.3, 0.4) is 0 Å². The second-order valence-corrected chi connectivity index (χ2v) is 5.21. The maximum Gasteiger partial charge on any atom is 0.304 e. The molecule has 0 fully saturated rings. The Balaban J connectivity index is 3.49. The van der Waals surface area contributed by atoms with Gasteiger partial charge in [0.25, 0.3) is 0 Å². The van der Waals surface area contributed by atoms with Crippen LogP contribution in [0.5, 0.6) is 11.5 Å². The zero-order valence-corrected chi connectivity index (χ0v) is 12.6. The number of methoxy groups -OCH3 is 3. The number of carboxylic acid groups (broad SMARTS) is 1. The predicted molar refractivity (Wildman–Crippen MR) is 75.5 cm³/mol. The summed E-state index contributed by atoms with van der Waals surface area (Å²) >= 11 is 0. The molecule has 1 aromatic carbocycles. The number of hydrogen-bond donors (Lipinski definition) is 1. The maximum absolute atomic E-state index is 11.1. The third-order valence-corrected chi connectivity index (χ3v) is 3.23. The molecular formula is C15H22O5. The van der Waals surface area contributed by atoms with Crippen molar-refractivity contribution in [2.45, 2.75) is 32.3 Å². The van der Waals surface area contributed by atoms with E-state index >= 15 is 0 Å². The van der Waals surface area contributed by atoms with Gasteiger partial charge in [0, 0.05) is 23.7 Å². The van der Waals surface area contributed by atoms with E-state index in [2.05, 4.69) is 0 Å². The van der Waals surface area contributed by atoms with Gasteiger partial charge in [-0.15, -0.1) is 0 Å². The summed E-state index contributed by atoms with van der Waals surface area (Å²) in [7, 11) is 4.74. The summed E-state index contributed by atoms with van der Waals surface area (Å²) in [5, 5.41) is 9.12. The van der Waals surface area contributed by atoms with Crippen LogP contribution >= 0.6 is 0 Å². The molecule has 0 radical (unpaired) electrons. The molecule has 5 nitrogen and oxygen atoms in total. The Kier molecular flexibility index (Phi) is 5.39. The number of hydrogen-bond acceptors (Lipinski definition) is 4. The Labute approximate surface area is 119 Å². The molecule has 1 rings (SSSR count). The lowest BCUT2D eigenvalue weighted by Gasteiger charge is -2.29. The van der Waals surface area contributed by atoms with Crippen LogP contribution in [-0.4, -0.2) is 32.4 Å². The van der Waals surface area contributed by atoms with Gasteiger partial charge < -0.3 is 19.3 Å². The molecule has 0 saturated heterocycles. The maximum atomic E-state index is 11.1. The lowest BCUT2D eigenvalue weighted by atomic mass is 9.78. The van der Waals surface area contributed by atoms with Crippen molar-refractivity contribution >= 4 is 5.97 Å². The normalized spacial score (nSPS) is 11.2. The van der Waals surface area contributed by atoms with Gasteiger partial charge in [-0.2, -0.15) is 0 Å². The highest BCUT2D eigenvalue weighted by molar-refractivity contribution is 5.70. The van der Waals surface area contributed by atoms with Crippen LogP contribution in [0.15, 0.2) is 12.1 Å². The Hall–Kier alpha value is -1.75. The van der Waals surface area contributed by atoms with E-state index in [-0.39, 0.29) is 6.42 Å².